The van der Waals surface area contributed by atoms with Gasteiger partial charge in [0, 0.05) is 12.1 Å². The van der Waals surface area contributed by atoms with Crippen molar-refractivity contribution in [2.24, 2.45) is 0 Å². The molecule has 0 N–H and O–H groups in total. The Morgan fingerprint density at radius 3 is 1.96 bits per heavy atom. The Morgan fingerprint density at radius 1 is 0.792 bits per heavy atom. The fourth-order valence-electron chi connectivity index (χ4n) is 2.19. The molecule has 2 rings (SSSR count). The van der Waals surface area contributed by atoms with E-state index in [1.54, 1.807) is 51.7 Å². The summed E-state index contributed by atoms with van der Waals surface area (Å²) in [4.78, 5) is 12.4. The number of carbonyl (C=O) groups excluding carboxylic acids is 1. The molecule has 0 amide bonds. The largest absolute Gasteiger partial charge is 0.497 e. The molecule has 0 unspecified atom stereocenters. The molecular weight excluding hydrogens is 308 g/mol. The van der Waals surface area contributed by atoms with Crippen LogP contribution in [0.5, 0.6) is 23.0 Å². The SMILES string of the molecule is COc1cc(/C=C/C(=O)c2ccc(OC)cc2OC)cc(OC)c1. The number of hydrogen-bond donors (Lipinski definition) is 0. The predicted molar refractivity (Wildman–Crippen MR) is 92.5 cm³/mol. The van der Waals surface area contributed by atoms with Crippen molar-refractivity contribution < 1.29 is 23.7 Å². The van der Waals surface area contributed by atoms with Crippen LogP contribution in [0.25, 0.3) is 6.08 Å². The van der Waals surface area contributed by atoms with Crippen molar-refractivity contribution in [1.82, 2.24) is 0 Å². The van der Waals surface area contributed by atoms with Gasteiger partial charge in [-0.05, 0) is 35.9 Å². The van der Waals surface area contributed by atoms with Crippen molar-refractivity contribution in [2.45, 2.75) is 0 Å². The van der Waals surface area contributed by atoms with E-state index in [-0.39, 0.29) is 5.78 Å². The van der Waals surface area contributed by atoms with Crippen molar-refractivity contribution in [3.05, 3.63) is 53.6 Å². The van der Waals surface area contributed by atoms with Crippen molar-refractivity contribution in [1.29, 1.82) is 0 Å². The van der Waals surface area contributed by atoms with E-state index < -0.39 is 0 Å². The van der Waals surface area contributed by atoms with Crippen molar-refractivity contribution in [3.63, 3.8) is 0 Å². The molecule has 0 heterocycles. The highest BCUT2D eigenvalue weighted by Crippen LogP contribution is 2.26. The fourth-order valence-corrected chi connectivity index (χ4v) is 2.19. The maximum Gasteiger partial charge on any atom is 0.189 e. The van der Waals surface area contributed by atoms with E-state index in [1.165, 1.54) is 13.2 Å². The minimum Gasteiger partial charge on any atom is -0.497 e. The lowest BCUT2D eigenvalue weighted by atomic mass is 10.1. The van der Waals surface area contributed by atoms with Crippen LogP contribution in [0.1, 0.15) is 15.9 Å². The van der Waals surface area contributed by atoms with Gasteiger partial charge in [-0.2, -0.15) is 0 Å². The molecule has 0 spiro atoms. The number of ketones is 1. The molecule has 5 nitrogen and oxygen atoms in total. The molecule has 5 heteroatoms. The van der Waals surface area contributed by atoms with Gasteiger partial charge in [0.05, 0.1) is 34.0 Å². The number of hydrogen-bond acceptors (Lipinski definition) is 5. The van der Waals surface area contributed by atoms with Gasteiger partial charge in [0.2, 0.25) is 0 Å². The lowest BCUT2D eigenvalue weighted by Crippen LogP contribution is -1.99. The molecule has 0 saturated heterocycles. The van der Waals surface area contributed by atoms with E-state index in [0.29, 0.717) is 28.6 Å². The molecule has 0 bridgehead atoms. The van der Waals surface area contributed by atoms with Crippen LogP contribution in [0.2, 0.25) is 0 Å². The van der Waals surface area contributed by atoms with Gasteiger partial charge in [-0.1, -0.05) is 6.08 Å². The number of carbonyl (C=O) groups is 1. The average molecular weight is 328 g/mol. The summed E-state index contributed by atoms with van der Waals surface area (Å²) in [5.74, 6) is 2.24. The zero-order valence-corrected chi connectivity index (χ0v) is 14.2. The molecule has 2 aromatic rings. The van der Waals surface area contributed by atoms with Gasteiger partial charge in [-0.3, -0.25) is 4.79 Å². The monoisotopic (exact) mass is 328 g/mol. The van der Waals surface area contributed by atoms with Gasteiger partial charge >= 0.3 is 0 Å². The first kappa shape index (κ1) is 17.4. The quantitative estimate of drug-likeness (QED) is 0.574. The zero-order valence-electron chi connectivity index (χ0n) is 14.2. The standard InChI is InChI=1S/C19H20O5/c1-21-14-6-7-17(19(12-14)24-4)18(20)8-5-13-9-15(22-2)11-16(10-13)23-3/h5-12H,1-4H3/b8-5+. The Balaban J connectivity index is 2.27. The molecule has 0 aromatic heterocycles. The first-order valence-electron chi connectivity index (χ1n) is 7.28. The van der Waals surface area contributed by atoms with Gasteiger partial charge < -0.3 is 18.9 Å². The van der Waals surface area contributed by atoms with E-state index in [4.69, 9.17) is 18.9 Å². The Bertz CT molecular complexity index is 727. The highest BCUT2D eigenvalue weighted by atomic mass is 16.5. The molecule has 24 heavy (non-hydrogen) atoms. The molecule has 0 saturated carbocycles. The van der Waals surface area contributed by atoms with Crippen LogP contribution in [0.4, 0.5) is 0 Å². The second kappa shape index (κ2) is 8.06. The minimum absolute atomic E-state index is 0.170. The summed E-state index contributed by atoms with van der Waals surface area (Å²) >= 11 is 0. The predicted octanol–water partition coefficient (Wildman–Crippen LogP) is 3.62. The van der Waals surface area contributed by atoms with Gasteiger partial charge in [0.1, 0.15) is 23.0 Å². The number of allylic oxidation sites excluding steroid dienone is 1. The highest BCUT2D eigenvalue weighted by molar-refractivity contribution is 6.08. The normalized spacial score (nSPS) is 10.5. The summed E-state index contributed by atoms with van der Waals surface area (Å²) in [6.45, 7) is 0. The van der Waals surface area contributed by atoms with Crippen LogP contribution >= 0.6 is 0 Å². The van der Waals surface area contributed by atoms with E-state index in [1.807, 2.05) is 12.1 Å². The van der Waals surface area contributed by atoms with E-state index in [9.17, 15) is 4.79 Å². The highest BCUT2D eigenvalue weighted by Gasteiger charge is 2.11. The lowest BCUT2D eigenvalue weighted by molar-refractivity contribution is 0.104. The number of benzene rings is 2. The number of methoxy groups -OCH3 is 4. The summed E-state index contributed by atoms with van der Waals surface area (Å²) in [6.07, 6.45) is 3.19. The summed E-state index contributed by atoms with van der Waals surface area (Å²) in [5, 5.41) is 0. The maximum absolute atomic E-state index is 12.4. The topological polar surface area (TPSA) is 54.0 Å². The fraction of sp³-hybridized carbons (Fsp3) is 0.211. The van der Waals surface area contributed by atoms with Gasteiger partial charge in [-0.15, -0.1) is 0 Å². The van der Waals surface area contributed by atoms with Crippen LogP contribution in [0.3, 0.4) is 0 Å². The first-order valence-corrected chi connectivity index (χ1v) is 7.28. The lowest BCUT2D eigenvalue weighted by Gasteiger charge is -2.08. The Morgan fingerprint density at radius 2 is 1.42 bits per heavy atom. The summed E-state index contributed by atoms with van der Waals surface area (Å²) < 4.78 is 20.8. The number of rotatable bonds is 7. The molecule has 2 aromatic carbocycles. The van der Waals surface area contributed by atoms with Gasteiger partial charge in [0.25, 0.3) is 0 Å². The van der Waals surface area contributed by atoms with Crippen LogP contribution in [0, 0.1) is 0 Å². The summed E-state index contributed by atoms with van der Waals surface area (Å²) in [7, 11) is 6.24. The third-order valence-corrected chi connectivity index (χ3v) is 3.48. The van der Waals surface area contributed by atoms with E-state index in [0.717, 1.165) is 5.56 Å². The van der Waals surface area contributed by atoms with Gasteiger partial charge in [-0.25, -0.2) is 0 Å². The molecular formula is C19H20O5. The molecule has 0 aliphatic heterocycles. The summed E-state index contributed by atoms with van der Waals surface area (Å²) in [5.41, 5.74) is 1.26. The molecule has 0 fully saturated rings. The Labute approximate surface area is 141 Å². The van der Waals surface area contributed by atoms with Crippen LogP contribution in [0.15, 0.2) is 42.5 Å². The van der Waals surface area contributed by atoms with Crippen molar-refractivity contribution in [3.8, 4) is 23.0 Å². The third-order valence-electron chi connectivity index (χ3n) is 3.48. The Hall–Kier alpha value is -2.95. The van der Waals surface area contributed by atoms with E-state index in [2.05, 4.69) is 0 Å². The third kappa shape index (κ3) is 4.07. The van der Waals surface area contributed by atoms with E-state index >= 15 is 0 Å². The average Bonchev–Trinajstić information content (AvgIpc) is 2.64. The molecule has 0 aliphatic carbocycles. The smallest absolute Gasteiger partial charge is 0.189 e. The second-order valence-electron chi connectivity index (χ2n) is 4.91. The first-order chi connectivity index (χ1) is 11.6. The molecule has 0 aliphatic rings. The minimum atomic E-state index is -0.170. The van der Waals surface area contributed by atoms with Crippen LogP contribution < -0.4 is 18.9 Å². The Kier molecular flexibility index (Phi) is 5.84. The number of ether oxygens (including phenoxy) is 4. The van der Waals surface area contributed by atoms with Gasteiger partial charge in [0.15, 0.2) is 5.78 Å². The van der Waals surface area contributed by atoms with Crippen LogP contribution in [-0.4, -0.2) is 34.2 Å². The molecule has 126 valence electrons. The maximum atomic E-state index is 12.4. The molecule has 0 atom stereocenters. The van der Waals surface area contributed by atoms with Crippen LogP contribution in [-0.2, 0) is 0 Å². The second-order valence-corrected chi connectivity index (χ2v) is 4.91. The summed E-state index contributed by atoms with van der Waals surface area (Å²) in [6, 6.07) is 10.5. The molecule has 0 radical (unpaired) electrons. The van der Waals surface area contributed by atoms with Crippen molar-refractivity contribution in [2.75, 3.05) is 28.4 Å². The zero-order chi connectivity index (χ0) is 17.5. The van der Waals surface area contributed by atoms with Crippen molar-refractivity contribution >= 4 is 11.9 Å².